The first-order valence-corrected chi connectivity index (χ1v) is 6.79. The first kappa shape index (κ1) is 15.4. The van der Waals surface area contributed by atoms with Gasteiger partial charge in [-0.05, 0) is 48.2 Å². The smallest absolute Gasteiger partial charge is 0.105 e. The molecule has 1 rings (SSSR count). The monoisotopic (exact) mass is 252 g/mol. The molecule has 0 aromatic rings. The van der Waals surface area contributed by atoms with Gasteiger partial charge >= 0.3 is 0 Å². The second-order valence-electron chi connectivity index (χ2n) is 6.45. The van der Waals surface area contributed by atoms with Crippen LogP contribution in [0.25, 0.3) is 0 Å². The topological polar surface area (TPSA) is 42.3 Å². The molecule has 1 fully saturated rings. The van der Waals surface area contributed by atoms with Gasteiger partial charge in [0.2, 0.25) is 0 Å². The Morgan fingerprint density at radius 3 is 2.50 bits per heavy atom. The van der Waals surface area contributed by atoms with E-state index in [9.17, 15) is 5.26 Å². The molecular formula is C14H28N4. The molecule has 4 nitrogen and oxygen atoms in total. The highest BCUT2D eigenvalue weighted by Crippen LogP contribution is 2.23. The van der Waals surface area contributed by atoms with Gasteiger partial charge in [0.25, 0.3) is 0 Å². The summed E-state index contributed by atoms with van der Waals surface area (Å²) in [7, 11) is 4.05. The van der Waals surface area contributed by atoms with E-state index in [1.54, 1.807) is 0 Å². The van der Waals surface area contributed by atoms with Crippen molar-refractivity contribution in [2.45, 2.75) is 51.2 Å². The van der Waals surface area contributed by atoms with Crippen molar-refractivity contribution in [3.8, 4) is 6.07 Å². The lowest BCUT2D eigenvalue weighted by atomic mass is 9.92. The summed E-state index contributed by atoms with van der Waals surface area (Å²) in [5, 5.41) is 12.4. The molecule has 0 aromatic heterocycles. The van der Waals surface area contributed by atoms with Gasteiger partial charge in [0.05, 0.1) is 6.07 Å². The summed E-state index contributed by atoms with van der Waals surface area (Å²) in [4.78, 5) is 4.92. The molecule has 0 aliphatic carbocycles. The first-order valence-electron chi connectivity index (χ1n) is 6.79. The van der Waals surface area contributed by atoms with E-state index in [1.165, 1.54) is 0 Å². The molecular weight excluding hydrogens is 224 g/mol. The van der Waals surface area contributed by atoms with Crippen LogP contribution in [-0.4, -0.2) is 60.6 Å². The highest BCUT2D eigenvalue weighted by atomic mass is 15.3. The highest BCUT2D eigenvalue weighted by Gasteiger charge is 2.35. The van der Waals surface area contributed by atoms with E-state index < -0.39 is 5.54 Å². The van der Waals surface area contributed by atoms with E-state index in [0.717, 1.165) is 26.1 Å². The molecule has 1 heterocycles. The standard InChI is InChI=1S/C14H28N4/c1-12(9-14(4,10-15)16-5)18-8-7-17(6)13(2,3)11-18/h12,16H,7-9,11H2,1-6H3. The van der Waals surface area contributed by atoms with Crippen molar-refractivity contribution in [2.75, 3.05) is 33.7 Å². The zero-order chi connectivity index (χ0) is 14.0. The number of rotatable bonds is 4. The van der Waals surface area contributed by atoms with Crippen molar-refractivity contribution in [3.05, 3.63) is 0 Å². The van der Waals surface area contributed by atoms with Crippen LogP contribution in [0.3, 0.4) is 0 Å². The van der Waals surface area contributed by atoms with Gasteiger partial charge in [-0.25, -0.2) is 0 Å². The molecule has 0 radical (unpaired) electrons. The van der Waals surface area contributed by atoms with E-state index in [2.05, 4.69) is 49.0 Å². The fraction of sp³-hybridized carbons (Fsp3) is 0.929. The molecule has 1 N–H and O–H groups in total. The average molecular weight is 252 g/mol. The molecule has 0 spiro atoms. The summed E-state index contributed by atoms with van der Waals surface area (Å²) in [5.41, 5.74) is -0.206. The van der Waals surface area contributed by atoms with E-state index in [4.69, 9.17) is 0 Å². The molecule has 0 aromatic carbocycles. The molecule has 1 aliphatic heterocycles. The Morgan fingerprint density at radius 2 is 2.06 bits per heavy atom. The van der Waals surface area contributed by atoms with Crippen LogP contribution >= 0.6 is 0 Å². The van der Waals surface area contributed by atoms with Crippen LogP contribution in [-0.2, 0) is 0 Å². The van der Waals surface area contributed by atoms with Gasteiger partial charge in [-0.1, -0.05) is 0 Å². The highest BCUT2D eigenvalue weighted by molar-refractivity contribution is 5.05. The molecule has 0 saturated carbocycles. The fourth-order valence-corrected chi connectivity index (χ4v) is 2.58. The Bertz CT molecular complexity index is 320. The van der Waals surface area contributed by atoms with Gasteiger partial charge in [0.1, 0.15) is 5.54 Å². The van der Waals surface area contributed by atoms with Crippen molar-refractivity contribution in [1.29, 1.82) is 5.26 Å². The third-order valence-electron chi connectivity index (χ3n) is 4.47. The molecule has 0 bridgehead atoms. The quantitative estimate of drug-likeness (QED) is 0.819. The van der Waals surface area contributed by atoms with Gasteiger partial charge in [0.15, 0.2) is 0 Å². The maximum absolute atomic E-state index is 9.24. The number of nitriles is 1. The minimum Gasteiger partial charge on any atom is -0.303 e. The van der Waals surface area contributed by atoms with Crippen LogP contribution in [0.4, 0.5) is 0 Å². The maximum atomic E-state index is 9.24. The lowest BCUT2D eigenvalue weighted by Gasteiger charge is -2.48. The Labute approximate surface area is 112 Å². The molecule has 1 aliphatic rings. The number of hydrogen-bond acceptors (Lipinski definition) is 4. The predicted octanol–water partition coefficient (Wildman–Crippen LogP) is 1.29. The van der Waals surface area contributed by atoms with Crippen LogP contribution < -0.4 is 5.32 Å². The number of nitrogens with one attached hydrogen (secondary N) is 1. The molecule has 104 valence electrons. The van der Waals surface area contributed by atoms with Crippen molar-refractivity contribution in [3.63, 3.8) is 0 Å². The van der Waals surface area contributed by atoms with Gasteiger partial charge in [-0.15, -0.1) is 0 Å². The van der Waals surface area contributed by atoms with Crippen molar-refractivity contribution < 1.29 is 0 Å². The lowest BCUT2D eigenvalue weighted by Crippen LogP contribution is -2.60. The van der Waals surface area contributed by atoms with E-state index in [0.29, 0.717) is 6.04 Å². The zero-order valence-corrected chi connectivity index (χ0v) is 12.7. The van der Waals surface area contributed by atoms with Crippen molar-refractivity contribution in [2.24, 2.45) is 0 Å². The van der Waals surface area contributed by atoms with Crippen LogP contribution in [0.15, 0.2) is 0 Å². The van der Waals surface area contributed by atoms with Gasteiger partial charge < -0.3 is 5.32 Å². The molecule has 18 heavy (non-hydrogen) atoms. The molecule has 4 heteroatoms. The third kappa shape index (κ3) is 3.44. The SMILES string of the molecule is CNC(C)(C#N)CC(C)N1CCN(C)C(C)(C)C1. The largest absolute Gasteiger partial charge is 0.303 e. The Hall–Kier alpha value is -0.630. The van der Waals surface area contributed by atoms with Crippen molar-refractivity contribution in [1.82, 2.24) is 15.1 Å². The minimum atomic E-state index is -0.424. The summed E-state index contributed by atoms with van der Waals surface area (Å²) in [5.74, 6) is 0. The van der Waals surface area contributed by atoms with Crippen LogP contribution in [0.2, 0.25) is 0 Å². The summed E-state index contributed by atoms with van der Waals surface area (Å²) in [6.45, 7) is 12.0. The van der Waals surface area contributed by atoms with E-state index in [1.807, 2.05) is 14.0 Å². The first-order chi connectivity index (χ1) is 8.24. The Kier molecular flexibility index (Phi) is 4.77. The Morgan fingerprint density at radius 1 is 1.44 bits per heavy atom. The third-order valence-corrected chi connectivity index (χ3v) is 4.47. The average Bonchev–Trinajstić information content (AvgIpc) is 2.32. The lowest BCUT2D eigenvalue weighted by molar-refractivity contribution is 0.0152. The van der Waals surface area contributed by atoms with E-state index in [-0.39, 0.29) is 5.54 Å². The number of piperazine rings is 1. The normalized spacial score (nSPS) is 26.3. The molecule has 2 unspecified atom stereocenters. The number of nitrogens with zero attached hydrogens (tertiary/aromatic N) is 3. The number of hydrogen-bond donors (Lipinski definition) is 1. The maximum Gasteiger partial charge on any atom is 0.105 e. The molecule has 0 amide bonds. The summed E-state index contributed by atoms with van der Waals surface area (Å²) >= 11 is 0. The summed E-state index contributed by atoms with van der Waals surface area (Å²) in [6.07, 6.45) is 0.861. The zero-order valence-electron chi connectivity index (χ0n) is 12.7. The van der Waals surface area contributed by atoms with Gasteiger partial charge in [-0.3, -0.25) is 9.80 Å². The number of likely N-dealkylation sites (N-methyl/N-ethyl adjacent to an activating group) is 1. The van der Waals surface area contributed by atoms with Crippen molar-refractivity contribution >= 4 is 0 Å². The fourth-order valence-electron chi connectivity index (χ4n) is 2.58. The second-order valence-corrected chi connectivity index (χ2v) is 6.45. The van der Waals surface area contributed by atoms with Gasteiger partial charge in [0, 0.05) is 31.2 Å². The predicted molar refractivity (Wildman–Crippen MR) is 75.4 cm³/mol. The van der Waals surface area contributed by atoms with E-state index >= 15 is 0 Å². The summed E-state index contributed by atoms with van der Waals surface area (Å²) in [6, 6.07) is 2.81. The van der Waals surface area contributed by atoms with Crippen LogP contribution in [0, 0.1) is 11.3 Å². The summed E-state index contributed by atoms with van der Waals surface area (Å²) < 4.78 is 0. The second kappa shape index (κ2) is 5.56. The van der Waals surface area contributed by atoms with Crippen LogP contribution in [0.5, 0.6) is 0 Å². The molecule has 2 atom stereocenters. The van der Waals surface area contributed by atoms with Gasteiger partial charge in [-0.2, -0.15) is 5.26 Å². The Balaban J connectivity index is 2.64. The molecule has 1 saturated heterocycles. The van der Waals surface area contributed by atoms with Crippen LogP contribution in [0.1, 0.15) is 34.1 Å². The minimum absolute atomic E-state index is 0.217.